The van der Waals surface area contributed by atoms with Crippen molar-refractivity contribution in [1.82, 2.24) is 4.90 Å². The average Bonchev–Trinajstić information content (AvgIpc) is 2.59. The molecule has 1 saturated carbocycles. The number of hydrogen-bond donors (Lipinski definition) is 1. The molecule has 2 fully saturated rings. The summed E-state index contributed by atoms with van der Waals surface area (Å²) >= 11 is 0. The zero-order chi connectivity index (χ0) is 17.2. The van der Waals surface area contributed by atoms with E-state index in [9.17, 15) is 4.79 Å². The summed E-state index contributed by atoms with van der Waals surface area (Å²) in [5, 5.41) is 9.01. The quantitative estimate of drug-likeness (QED) is 0.842. The maximum absolute atomic E-state index is 11.0. The second-order valence-corrected chi connectivity index (χ2v) is 7.58. The SMILES string of the molecule is O=C(O)C1CN(C2COc3cc(C#CC4CCCCC4)ccc3C2)C1. The van der Waals surface area contributed by atoms with Gasteiger partial charge in [0.2, 0.25) is 0 Å². The molecule has 1 aromatic rings. The summed E-state index contributed by atoms with van der Waals surface area (Å²) in [5.41, 5.74) is 2.25. The normalized spacial score (nSPS) is 24.4. The van der Waals surface area contributed by atoms with Crippen molar-refractivity contribution in [2.45, 2.75) is 44.6 Å². The van der Waals surface area contributed by atoms with E-state index in [1.807, 2.05) is 0 Å². The number of nitrogens with zero attached hydrogens (tertiary/aromatic N) is 1. The van der Waals surface area contributed by atoms with Crippen LogP contribution in [0.25, 0.3) is 0 Å². The van der Waals surface area contributed by atoms with Crippen LogP contribution in [0.1, 0.15) is 43.2 Å². The molecule has 3 aliphatic rings. The van der Waals surface area contributed by atoms with E-state index in [1.54, 1.807) is 0 Å². The minimum Gasteiger partial charge on any atom is -0.492 e. The molecule has 0 amide bonds. The Labute approximate surface area is 149 Å². The van der Waals surface area contributed by atoms with Crippen molar-refractivity contribution in [3.05, 3.63) is 29.3 Å². The molecule has 1 aliphatic carbocycles. The van der Waals surface area contributed by atoms with E-state index in [1.165, 1.54) is 37.7 Å². The third-order valence-corrected chi connectivity index (χ3v) is 5.76. The molecule has 0 radical (unpaired) electrons. The first-order valence-electron chi connectivity index (χ1n) is 9.43. The van der Waals surface area contributed by atoms with Gasteiger partial charge in [0.25, 0.3) is 0 Å². The molecule has 2 heterocycles. The maximum Gasteiger partial charge on any atom is 0.309 e. The van der Waals surface area contributed by atoms with Crippen LogP contribution in [-0.2, 0) is 11.2 Å². The van der Waals surface area contributed by atoms with Crippen molar-refractivity contribution in [1.29, 1.82) is 0 Å². The van der Waals surface area contributed by atoms with Crippen LogP contribution in [-0.4, -0.2) is 41.7 Å². The molecule has 1 saturated heterocycles. The molecule has 4 heteroatoms. The highest BCUT2D eigenvalue weighted by Gasteiger charge is 2.38. The predicted octanol–water partition coefficient (Wildman–Crippen LogP) is 2.94. The zero-order valence-electron chi connectivity index (χ0n) is 14.5. The smallest absolute Gasteiger partial charge is 0.309 e. The van der Waals surface area contributed by atoms with Gasteiger partial charge in [-0.3, -0.25) is 9.69 Å². The molecular formula is C21H25NO3. The topological polar surface area (TPSA) is 49.8 Å². The Morgan fingerprint density at radius 2 is 2.00 bits per heavy atom. The number of fused-ring (bicyclic) bond motifs is 1. The van der Waals surface area contributed by atoms with Gasteiger partial charge in [-0.2, -0.15) is 0 Å². The molecule has 0 aromatic heterocycles. The van der Waals surface area contributed by atoms with Crippen LogP contribution >= 0.6 is 0 Å². The molecule has 1 unspecified atom stereocenters. The maximum atomic E-state index is 11.0. The van der Waals surface area contributed by atoms with E-state index in [0.29, 0.717) is 31.7 Å². The van der Waals surface area contributed by atoms with Gasteiger partial charge in [0, 0.05) is 30.6 Å². The molecule has 1 atom stereocenters. The summed E-state index contributed by atoms with van der Waals surface area (Å²) in [6.45, 7) is 1.92. The molecule has 1 aromatic carbocycles. The minimum atomic E-state index is -0.686. The van der Waals surface area contributed by atoms with Crippen LogP contribution in [0, 0.1) is 23.7 Å². The number of hydrogen-bond acceptors (Lipinski definition) is 3. The first-order chi connectivity index (χ1) is 12.2. The first kappa shape index (κ1) is 16.5. The number of benzene rings is 1. The Hall–Kier alpha value is -1.99. The summed E-state index contributed by atoms with van der Waals surface area (Å²) in [6.07, 6.45) is 7.39. The Morgan fingerprint density at radius 1 is 1.20 bits per heavy atom. The predicted molar refractivity (Wildman–Crippen MR) is 95.6 cm³/mol. The van der Waals surface area contributed by atoms with Gasteiger partial charge in [-0.1, -0.05) is 37.2 Å². The Kier molecular flexibility index (Phi) is 4.67. The van der Waals surface area contributed by atoms with Gasteiger partial charge >= 0.3 is 5.97 Å². The van der Waals surface area contributed by atoms with Gasteiger partial charge in [0.1, 0.15) is 12.4 Å². The molecule has 0 bridgehead atoms. The molecule has 1 N–H and O–H groups in total. The van der Waals surface area contributed by atoms with Crippen LogP contribution in [0.5, 0.6) is 5.75 Å². The van der Waals surface area contributed by atoms with Gasteiger partial charge in [0.15, 0.2) is 0 Å². The van der Waals surface area contributed by atoms with Gasteiger partial charge in [0.05, 0.1) is 5.92 Å². The highest BCUT2D eigenvalue weighted by molar-refractivity contribution is 5.71. The first-order valence-corrected chi connectivity index (χ1v) is 9.43. The van der Waals surface area contributed by atoms with Crippen molar-refractivity contribution in [3.8, 4) is 17.6 Å². The van der Waals surface area contributed by atoms with E-state index >= 15 is 0 Å². The van der Waals surface area contributed by atoms with E-state index in [-0.39, 0.29) is 5.92 Å². The van der Waals surface area contributed by atoms with Crippen LogP contribution in [0.3, 0.4) is 0 Å². The van der Waals surface area contributed by atoms with Crippen molar-refractivity contribution in [2.75, 3.05) is 19.7 Å². The number of carboxylic acids is 1. The molecule has 2 aliphatic heterocycles. The minimum absolute atomic E-state index is 0.209. The van der Waals surface area contributed by atoms with Crippen LogP contribution < -0.4 is 4.74 Å². The number of carboxylic acid groups (broad SMARTS) is 1. The highest BCUT2D eigenvalue weighted by Crippen LogP contribution is 2.30. The van der Waals surface area contributed by atoms with Crippen molar-refractivity contribution < 1.29 is 14.6 Å². The lowest BCUT2D eigenvalue weighted by molar-refractivity contribution is -0.149. The molecule has 132 valence electrons. The second-order valence-electron chi connectivity index (χ2n) is 7.58. The average molecular weight is 339 g/mol. The fourth-order valence-electron chi connectivity index (χ4n) is 4.07. The van der Waals surface area contributed by atoms with Crippen LogP contribution in [0.15, 0.2) is 18.2 Å². The Bertz CT molecular complexity index is 706. The standard InChI is InChI=1S/C21H25NO3/c23-21(24)18-12-22(13-18)19-11-17-9-8-16(10-20(17)25-14-19)7-6-15-4-2-1-3-5-15/h8-10,15,18-19H,1-5,11-14H2,(H,23,24). The fraction of sp³-hybridized carbons (Fsp3) is 0.571. The van der Waals surface area contributed by atoms with Gasteiger partial charge < -0.3 is 9.84 Å². The lowest BCUT2D eigenvalue weighted by Gasteiger charge is -2.43. The van der Waals surface area contributed by atoms with E-state index < -0.39 is 5.97 Å². The second kappa shape index (κ2) is 7.09. The molecule has 25 heavy (non-hydrogen) atoms. The van der Waals surface area contributed by atoms with Gasteiger partial charge in [-0.05, 0) is 37.0 Å². The number of rotatable bonds is 2. The van der Waals surface area contributed by atoms with Crippen LogP contribution in [0.2, 0.25) is 0 Å². The summed E-state index contributed by atoms with van der Waals surface area (Å²) in [7, 11) is 0. The van der Waals surface area contributed by atoms with Crippen molar-refractivity contribution in [2.24, 2.45) is 11.8 Å². The molecular weight excluding hydrogens is 314 g/mol. The summed E-state index contributed by atoms with van der Waals surface area (Å²) < 4.78 is 5.96. The largest absolute Gasteiger partial charge is 0.492 e. The van der Waals surface area contributed by atoms with Crippen molar-refractivity contribution in [3.63, 3.8) is 0 Å². The third kappa shape index (κ3) is 3.67. The van der Waals surface area contributed by atoms with Gasteiger partial charge in [-0.15, -0.1) is 0 Å². The van der Waals surface area contributed by atoms with E-state index in [0.717, 1.165) is 17.7 Å². The summed E-state index contributed by atoms with van der Waals surface area (Å²) in [4.78, 5) is 13.2. The summed E-state index contributed by atoms with van der Waals surface area (Å²) in [6, 6.07) is 6.58. The molecule has 4 nitrogen and oxygen atoms in total. The lowest BCUT2D eigenvalue weighted by atomic mass is 9.89. The van der Waals surface area contributed by atoms with Gasteiger partial charge in [-0.25, -0.2) is 0 Å². The van der Waals surface area contributed by atoms with Crippen molar-refractivity contribution >= 4 is 5.97 Å². The monoisotopic (exact) mass is 339 g/mol. The third-order valence-electron chi connectivity index (χ3n) is 5.76. The number of ether oxygens (including phenoxy) is 1. The van der Waals surface area contributed by atoms with E-state index in [4.69, 9.17) is 9.84 Å². The highest BCUT2D eigenvalue weighted by atomic mass is 16.5. The van der Waals surface area contributed by atoms with E-state index in [2.05, 4.69) is 34.9 Å². The molecule has 0 spiro atoms. The number of likely N-dealkylation sites (tertiary alicyclic amines) is 1. The summed E-state index contributed by atoms with van der Waals surface area (Å²) in [5.74, 6) is 7.38. The fourth-order valence-corrected chi connectivity index (χ4v) is 4.07. The number of aliphatic carboxylic acids is 1. The Morgan fingerprint density at radius 3 is 2.76 bits per heavy atom. The zero-order valence-corrected chi connectivity index (χ0v) is 14.5. The molecule has 4 rings (SSSR count). The Balaban J connectivity index is 1.38. The number of carbonyl (C=O) groups is 1. The lowest BCUT2D eigenvalue weighted by Crippen LogP contribution is -2.57. The van der Waals surface area contributed by atoms with Crippen LogP contribution in [0.4, 0.5) is 0 Å².